The lowest BCUT2D eigenvalue weighted by Crippen LogP contribution is -2.71. The number of carbonyl (C=O) groups excluding carboxylic acids is 4. The van der Waals surface area contributed by atoms with Crippen LogP contribution in [0.25, 0.3) is 0 Å². The highest BCUT2D eigenvalue weighted by Crippen LogP contribution is 2.40. The number of carboxylic acids is 1. The molecule has 0 aromatic carbocycles. The Morgan fingerprint density at radius 3 is 2.76 bits per heavy atom. The van der Waals surface area contributed by atoms with Gasteiger partial charge in [-0.3, -0.25) is 19.3 Å². The lowest BCUT2D eigenvalue weighted by atomic mass is 10.0. The number of carboxylic acid groups (broad SMARTS) is 1. The second kappa shape index (κ2) is 10.7. The highest BCUT2D eigenvalue weighted by molar-refractivity contribution is 8.00. The van der Waals surface area contributed by atoms with Crippen molar-refractivity contribution in [2.45, 2.75) is 11.4 Å². The van der Waals surface area contributed by atoms with E-state index in [9.17, 15) is 29.1 Å². The van der Waals surface area contributed by atoms with Crippen LogP contribution in [0, 0.1) is 0 Å². The van der Waals surface area contributed by atoms with Crippen molar-refractivity contribution in [3.8, 4) is 0 Å². The number of carbonyl (C=O) groups is 5. The fourth-order valence-electron chi connectivity index (χ4n) is 3.05. The van der Waals surface area contributed by atoms with Gasteiger partial charge in [-0.05, 0) is 0 Å². The number of anilines is 1. The second-order valence-electron chi connectivity index (χ2n) is 6.57. The summed E-state index contributed by atoms with van der Waals surface area (Å²) in [7, 11) is 1.21. The molecule has 1 saturated heterocycles. The number of nitrogens with two attached hydrogens (primary N) is 1. The van der Waals surface area contributed by atoms with E-state index in [1.54, 1.807) is 0 Å². The average Bonchev–Trinajstić information content (AvgIpc) is 3.26. The first-order chi connectivity index (χ1) is 16.2. The molecule has 0 aliphatic carbocycles. The van der Waals surface area contributed by atoms with Gasteiger partial charge in [-0.15, -0.1) is 34.7 Å². The zero-order valence-electron chi connectivity index (χ0n) is 17.3. The molecule has 14 nitrogen and oxygen atoms in total. The van der Waals surface area contributed by atoms with Gasteiger partial charge in [0.25, 0.3) is 11.8 Å². The van der Waals surface area contributed by atoms with Crippen LogP contribution in [0.5, 0.6) is 0 Å². The van der Waals surface area contributed by atoms with Gasteiger partial charge in [-0.1, -0.05) is 5.16 Å². The van der Waals surface area contributed by atoms with Crippen LogP contribution in [0.3, 0.4) is 0 Å². The number of oxime groups is 1. The quantitative estimate of drug-likeness (QED) is 0.139. The van der Waals surface area contributed by atoms with Crippen LogP contribution < -0.4 is 16.4 Å². The van der Waals surface area contributed by atoms with E-state index in [2.05, 4.69) is 25.5 Å². The molecule has 2 aliphatic heterocycles. The van der Waals surface area contributed by atoms with Crippen LogP contribution in [-0.4, -0.2) is 87.3 Å². The number of ether oxygens (including phenoxy) is 1. The Morgan fingerprint density at radius 2 is 2.15 bits per heavy atom. The number of nitrogens with zero attached hydrogens (tertiary/aromatic N) is 3. The summed E-state index contributed by atoms with van der Waals surface area (Å²) in [5, 5.41) is 19.1. The summed E-state index contributed by atoms with van der Waals surface area (Å²) < 4.78 is 4.66. The number of alkyl halides is 1. The zero-order chi connectivity index (χ0) is 25.0. The number of nitrogens with one attached hydrogen (secondary N) is 2. The van der Waals surface area contributed by atoms with Gasteiger partial charge in [0.1, 0.15) is 42.4 Å². The SMILES string of the molecule is CON=C(C(=O)NC1C(=O)N2C(C(=O)O)=C(COC(N)=O)CS[C@@H]12)c1csc(NC(=O)CCl)n1. The van der Waals surface area contributed by atoms with Gasteiger partial charge in [0, 0.05) is 16.7 Å². The molecular formula is C17H17ClN6O8S2. The van der Waals surface area contributed by atoms with Crippen molar-refractivity contribution in [1.29, 1.82) is 0 Å². The molecule has 1 unspecified atom stereocenters. The summed E-state index contributed by atoms with van der Waals surface area (Å²) in [5.41, 5.74) is 4.61. The minimum absolute atomic E-state index is 0.0751. The van der Waals surface area contributed by atoms with Crippen molar-refractivity contribution in [3.05, 3.63) is 22.3 Å². The van der Waals surface area contributed by atoms with Crippen LogP contribution in [0.4, 0.5) is 9.93 Å². The smallest absolute Gasteiger partial charge is 0.404 e. The summed E-state index contributed by atoms with van der Waals surface area (Å²) >= 11 is 7.64. The zero-order valence-corrected chi connectivity index (χ0v) is 19.7. The molecule has 0 radical (unpaired) electrons. The standard InChI is InChI=1S/C17H17ClN6O8S2/c1-31-23-9(7-5-34-17(20-7)21-8(25)2-18)12(26)22-10-13(27)24-11(15(28)29)6(3-32-16(19)30)4-33-14(10)24/h5,10,14H,2-4H2,1H3,(H2,19,30)(H,22,26)(H,28,29)(H,20,21,25)/t10?,14-/m0/s1. The maximum atomic E-state index is 12.9. The Bertz CT molecular complexity index is 1110. The molecule has 17 heteroatoms. The van der Waals surface area contributed by atoms with Gasteiger partial charge in [0.2, 0.25) is 5.91 Å². The number of thiazole rings is 1. The van der Waals surface area contributed by atoms with Crippen molar-refractivity contribution in [3.63, 3.8) is 0 Å². The van der Waals surface area contributed by atoms with Crippen molar-refractivity contribution >= 4 is 75.3 Å². The molecular weight excluding hydrogens is 516 g/mol. The molecule has 0 spiro atoms. The van der Waals surface area contributed by atoms with Crippen LogP contribution in [0.15, 0.2) is 21.8 Å². The molecule has 3 heterocycles. The first-order valence-electron chi connectivity index (χ1n) is 9.23. The minimum Gasteiger partial charge on any atom is -0.477 e. The molecule has 0 saturated carbocycles. The monoisotopic (exact) mass is 532 g/mol. The Labute approximate surface area is 204 Å². The van der Waals surface area contributed by atoms with E-state index in [4.69, 9.17) is 22.2 Å². The molecule has 182 valence electrons. The number of hydrogen-bond acceptors (Lipinski definition) is 11. The lowest BCUT2D eigenvalue weighted by molar-refractivity contribution is -0.150. The third kappa shape index (κ3) is 5.23. The van der Waals surface area contributed by atoms with E-state index in [1.807, 2.05) is 0 Å². The number of amides is 4. The predicted molar refractivity (Wildman–Crippen MR) is 120 cm³/mol. The Kier molecular flexibility index (Phi) is 7.95. The summed E-state index contributed by atoms with van der Waals surface area (Å²) in [6, 6.07) is -1.05. The van der Waals surface area contributed by atoms with Gasteiger partial charge in [-0.2, -0.15) is 0 Å². The van der Waals surface area contributed by atoms with Crippen LogP contribution in [0.2, 0.25) is 0 Å². The first-order valence-corrected chi connectivity index (χ1v) is 11.7. The second-order valence-corrected chi connectivity index (χ2v) is 8.80. The van der Waals surface area contributed by atoms with Gasteiger partial charge in [0.05, 0.1) is 0 Å². The number of fused-ring (bicyclic) bond motifs is 1. The fourth-order valence-corrected chi connectivity index (χ4v) is 5.16. The number of thioether (sulfide) groups is 1. The van der Waals surface area contributed by atoms with Crippen LogP contribution in [0.1, 0.15) is 5.69 Å². The topological polar surface area (TPSA) is 203 Å². The molecule has 1 fully saturated rings. The van der Waals surface area contributed by atoms with Crippen molar-refractivity contribution in [2.75, 3.05) is 30.7 Å². The minimum atomic E-state index is -1.39. The lowest BCUT2D eigenvalue weighted by Gasteiger charge is -2.49. The van der Waals surface area contributed by atoms with E-state index in [0.29, 0.717) is 0 Å². The Morgan fingerprint density at radius 1 is 1.41 bits per heavy atom. The third-order valence-corrected chi connectivity index (χ3v) is 6.78. The Hall–Kier alpha value is -3.37. The van der Waals surface area contributed by atoms with Gasteiger partial charge in [0.15, 0.2) is 10.8 Å². The number of β-lactam (4-membered cyclic amide) rings is 1. The number of primary amides is 1. The number of hydrogen-bond donors (Lipinski definition) is 4. The van der Waals surface area contributed by atoms with E-state index in [-0.39, 0.29) is 46.0 Å². The van der Waals surface area contributed by atoms with Gasteiger partial charge in [-0.25, -0.2) is 14.6 Å². The number of halogens is 1. The maximum Gasteiger partial charge on any atom is 0.404 e. The number of aromatic nitrogens is 1. The predicted octanol–water partition coefficient (Wildman–Crippen LogP) is -0.495. The molecule has 3 rings (SSSR count). The van der Waals surface area contributed by atoms with Gasteiger partial charge >= 0.3 is 12.1 Å². The molecule has 2 aliphatic rings. The van der Waals surface area contributed by atoms with Crippen molar-refractivity contribution in [1.82, 2.24) is 15.2 Å². The molecule has 1 aromatic heterocycles. The molecule has 0 bridgehead atoms. The van der Waals surface area contributed by atoms with Crippen LogP contribution >= 0.6 is 34.7 Å². The number of aliphatic carboxylic acids is 1. The average molecular weight is 533 g/mol. The highest BCUT2D eigenvalue weighted by Gasteiger charge is 2.54. The molecule has 2 atom stereocenters. The van der Waals surface area contributed by atoms with E-state index >= 15 is 0 Å². The molecule has 34 heavy (non-hydrogen) atoms. The van der Waals surface area contributed by atoms with E-state index < -0.39 is 41.2 Å². The largest absolute Gasteiger partial charge is 0.477 e. The molecule has 1 aromatic rings. The Balaban J connectivity index is 1.75. The van der Waals surface area contributed by atoms with Crippen molar-refractivity contribution < 1.29 is 38.7 Å². The number of rotatable bonds is 9. The van der Waals surface area contributed by atoms with E-state index in [0.717, 1.165) is 16.2 Å². The molecule has 4 amide bonds. The molecule has 5 N–H and O–H groups in total. The van der Waals surface area contributed by atoms with Gasteiger partial charge < -0.3 is 31.0 Å². The highest BCUT2D eigenvalue weighted by atomic mass is 35.5. The summed E-state index contributed by atoms with van der Waals surface area (Å²) in [6.45, 7) is -0.380. The maximum absolute atomic E-state index is 12.9. The summed E-state index contributed by atoms with van der Waals surface area (Å²) in [5.74, 6) is -3.51. The first kappa shape index (κ1) is 25.3. The van der Waals surface area contributed by atoms with E-state index in [1.165, 1.54) is 24.3 Å². The summed E-state index contributed by atoms with van der Waals surface area (Å²) in [4.78, 5) is 69.4. The third-order valence-electron chi connectivity index (χ3n) is 4.44. The normalized spacial score (nSPS) is 19.6. The van der Waals surface area contributed by atoms with Crippen molar-refractivity contribution in [2.24, 2.45) is 10.9 Å². The fraction of sp³-hybridized carbons (Fsp3) is 0.353. The van der Waals surface area contributed by atoms with Crippen LogP contribution in [-0.2, 0) is 28.8 Å². The summed E-state index contributed by atoms with van der Waals surface area (Å²) in [6.07, 6.45) is -1.08.